The van der Waals surface area contributed by atoms with Gasteiger partial charge in [0.2, 0.25) is 10.0 Å². The molecule has 0 radical (unpaired) electrons. The Balaban J connectivity index is 1.71. The van der Waals surface area contributed by atoms with Crippen molar-refractivity contribution in [1.82, 2.24) is 24.3 Å². The van der Waals surface area contributed by atoms with Crippen molar-refractivity contribution in [3.63, 3.8) is 0 Å². The van der Waals surface area contributed by atoms with Gasteiger partial charge in [0.05, 0.1) is 11.4 Å². The van der Waals surface area contributed by atoms with E-state index < -0.39 is 10.0 Å². The Morgan fingerprint density at radius 1 is 1.00 bits per heavy atom. The number of sulfonamides is 1. The van der Waals surface area contributed by atoms with Gasteiger partial charge < -0.3 is 9.80 Å². The van der Waals surface area contributed by atoms with Crippen LogP contribution >= 0.6 is 0 Å². The number of aromatic nitrogens is 4. The highest BCUT2D eigenvalue weighted by Gasteiger charge is 2.33. The van der Waals surface area contributed by atoms with Crippen LogP contribution in [0.25, 0.3) is 0 Å². The highest BCUT2D eigenvalue weighted by atomic mass is 32.2. The van der Waals surface area contributed by atoms with Gasteiger partial charge in [-0.1, -0.05) is 0 Å². The number of anilines is 2. The van der Waals surface area contributed by atoms with Gasteiger partial charge in [-0.25, -0.2) is 8.42 Å². The van der Waals surface area contributed by atoms with Crippen molar-refractivity contribution >= 4 is 21.7 Å². The van der Waals surface area contributed by atoms with Crippen molar-refractivity contribution < 1.29 is 8.42 Å². The van der Waals surface area contributed by atoms with Crippen molar-refractivity contribution in [2.24, 2.45) is 0 Å². The highest BCUT2D eigenvalue weighted by Crippen LogP contribution is 2.25. The largest absolute Gasteiger partial charge is 0.356 e. The van der Waals surface area contributed by atoms with E-state index in [9.17, 15) is 8.42 Å². The average molecular weight is 422 g/mol. The molecule has 9 nitrogen and oxygen atoms in total. The molecule has 1 saturated heterocycles. The average Bonchev–Trinajstić information content (AvgIpc) is 3.03. The molecular formula is C19H31N7O2S. The number of hydrogen-bond donors (Lipinski definition) is 0. The Morgan fingerprint density at radius 2 is 1.66 bits per heavy atom. The Labute approximate surface area is 173 Å². The number of hydrogen-bond acceptors (Lipinski definition) is 7. The summed E-state index contributed by atoms with van der Waals surface area (Å²) in [5, 5.41) is 13.1. The van der Waals surface area contributed by atoms with Gasteiger partial charge in [0, 0.05) is 45.8 Å². The van der Waals surface area contributed by atoms with Gasteiger partial charge in [0.25, 0.3) is 0 Å². The fourth-order valence-electron chi connectivity index (χ4n) is 3.85. The summed E-state index contributed by atoms with van der Waals surface area (Å²) in [6.07, 6.45) is 0. The first-order valence-electron chi connectivity index (χ1n) is 10.2. The lowest BCUT2D eigenvalue weighted by Gasteiger charge is -2.34. The Morgan fingerprint density at radius 3 is 2.14 bits per heavy atom. The fourth-order valence-corrected chi connectivity index (χ4v) is 5.65. The highest BCUT2D eigenvalue weighted by molar-refractivity contribution is 7.89. The zero-order valence-electron chi connectivity index (χ0n) is 18.0. The molecule has 29 heavy (non-hydrogen) atoms. The molecule has 0 aliphatic carbocycles. The quantitative estimate of drug-likeness (QED) is 0.672. The van der Waals surface area contributed by atoms with E-state index in [0.717, 1.165) is 24.7 Å². The van der Waals surface area contributed by atoms with E-state index in [1.54, 1.807) is 15.9 Å². The lowest BCUT2D eigenvalue weighted by Crippen LogP contribution is -2.49. The predicted molar refractivity (Wildman–Crippen MR) is 114 cm³/mol. The van der Waals surface area contributed by atoms with E-state index >= 15 is 0 Å². The third-order valence-corrected chi connectivity index (χ3v) is 7.65. The van der Waals surface area contributed by atoms with E-state index in [-0.39, 0.29) is 0 Å². The van der Waals surface area contributed by atoms with Crippen LogP contribution in [0, 0.1) is 13.8 Å². The fraction of sp³-hybridized carbons (Fsp3) is 0.632. The van der Waals surface area contributed by atoms with Crippen molar-refractivity contribution in [1.29, 1.82) is 0 Å². The van der Waals surface area contributed by atoms with Crippen LogP contribution in [0.1, 0.15) is 32.2 Å². The SMILES string of the molecule is CCN(CC)c1ccc(N2CCN(S(=O)(=O)c3c(C)nn(CC)c3C)CC2)nn1. The van der Waals surface area contributed by atoms with Gasteiger partial charge in [-0.2, -0.15) is 9.40 Å². The summed E-state index contributed by atoms with van der Waals surface area (Å²) in [4.78, 5) is 4.57. The maximum absolute atomic E-state index is 13.2. The van der Waals surface area contributed by atoms with Gasteiger partial charge in [-0.05, 0) is 46.8 Å². The molecule has 1 fully saturated rings. The monoisotopic (exact) mass is 421 g/mol. The predicted octanol–water partition coefficient (Wildman–Crippen LogP) is 1.67. The van der Waals surface area contributed by atoms with E-state index in [2.05, 4.69) is 38.9 Å². The first-order chi connectivity index (χ1) is 13.8. The number of rotatable bonds is 7. The molecule has 3 heterocycles. The second kappa shape index (κ2) is 8.66. The van der Waals surface area contributed by atoms with Gasteiger partial charge in [-0.15, -0.1) is 10.2 Å². The summed E-state index contributed by atoms with van der Waals surface area (Å²) >= 11 is 0. The molecule has 3 rings (SSSR count). The molecule has 1 aliphatic heterocycles. The number of aryl methyl sites for hydroxylation is 2. The smallest absolute Gasteiger partial charge is 0.246 e. The summed E-state index contributed by atoms with van der Waals surface area (Å²) in [6, 6.07) is 3.94. The van der Waals surface area contributed by atoms with Gasteiger partial charge >= 0.3 is 0 Å². The maximum Gasteiger partial charge on any atom is 0.246 e. The topological polar surface area (TPSA) is 87.5 Å². The van der Waals surface area contributed by atoms with Crippen LogP contribution in [0.4, 0.5) is 11.6 Å². The molecule has 2 aromatic heterocycles. The van der Waals surface area contributed by atoms with Crippen LogP contribution in [0.2, 0.25) is 0 Å². The molecule has 0 N–H and O–H groups in total. The van der Waals surface area contributed by atoms with Crippen LogP contribution in [-0.2, 0) is 16.6 Å². The van der Waals surface area contributed by atoms with Gasteiger partial charge in [-0.3, -0.25) is 4.68 Å². The minimum atomic E-state index is -3.56. The molecule has 0 aromatic carbocycles. The molecule has 10 heteroatoms. The van der Waals surface area contributed by atoms with E-state index in [4.69, 9.17) is 0 Å². The van der Waals surface area contributed by atoms with Crippen molar-refractivity contribution in [3.05, 3.63) is 23.5 Å². The first-order valence-corrected chi connectivity index (χ1v) is 11.6. The minimum absolute atomic E-state index is 0.344. The molecule has 0 bridgehead atoms. The third-order valence-electron chi connectivity index (χ3n) is 5.50. The van der Waals surface area contributed by atoms with Crippen LogP contribution < -0.4 is 9.80 Å². The minimum Gasteiger partial charge on any atom is -0.356 e. The Bertz CT molecular complexity index is 928. The van der Waals surface area contributed by atoms with Gasteiger partial charge in [0.15, 0.2) is 11.6 Å². The standard InChI is InChI=1S/C19H31N7O2S/c1-6-23(7-2)17-9-10-18(21-20-17)24-11-13-25(14-12-24)29(27,28)19-15(4)22-26(8-3)16(19)5/h9-10H,6-8,11-14H2,1-5H3. The molecule has 160 valence electrons. The molecular weight excluding hydrogens is 390 g/mol. The van der Waals surface area contributed by atoms with Crippen LogP contribution in [0.3, 0.4) is 0 Å². The second-order valence-corrected chi connectivity index (χ2v) is 9.00. The van der Waals surface area contributed by atoms with Crippen LogP contribution in [0.15, 0.2) is 17.0 Å². The number of nitrogens with zero attached hydrogens (tertiary/aromatic N) is 7. The molecule has 1 aliphatic rings. The molecule has 0 unspecified atom stereocenters. The third kappa shape index (κ3) is 4.09. The van der Waals surface area contributed by atoms with Gasteiger partial charge in [0.1, 0.15) is 4.90 Å². The maximum atomic E-state index is 13.2. The van der Waals surface area contributed by atoms with E-state index in [0.29, 0.717) is 49.0 Å². The molecule has 0 saturated carbocycles. The van der Waals surface area contributed by atoms with Crippen LogP contribution in [0.5, 0.6) is 0 Å². The molecule has 2 aromatic rings. The van der Waals surface area contributed by atoms with E-state index in [1.807, 2.05) is 26.0 Å². The Kier molecular flexibility index (Phi) is 6.42. The zero-order chi connectivity index (χ0) is 21.2. The first kappa shape index (κ1) is 21.5. The summed E-state index contributed by atoms with van der Waals surface area (Å²) < 4.78 is 29.7. The zero-order valence-corrected chi connectivity index (χ0v) is 18.8. The summed E-state index contributed by atoms with van der Waals surface area (Å²) in [6.45, 7) is 14.1. The summed E-state index contributed by atoms with van der Waals surface area (Å²) in [5.74, 6) is 1.64. The summed E-state index contributed by atoms with van der Waals surface area (Å²) in [7, 11) is -3.56. The molecule has 0 spiro atoms. The van der Waals surface area contributed by atoms with Crippen molar-refractivity contribution in [3.8, 4) is 0 Å². The second-order valence-electron chi connectivity index (χ2n) is 7.13. The van der Waals surface area contributed by atoms with Crippen LogP contribution in [-0.4, -0.2) is 72.0 Å². The lowest BCUT2D eigenvalue weighted by molar-refractivity contribution is 0.383. The Hall–Kier alpha value is -2.20. The van der Waals surface area contributed by atoms with Crippen molar-refractivity contribution in [2.75, 3.05) is 49.1 Å². The lowest BCUT2D eigenvalue weighted by atomic mass is 10.3. The molecule has 0 atom stereocenters. The molecule has 0 amide bonds. The van der Waals surface area contributed by atoms with Crippen molar-refractivity contribution in [2.45, 2.75) is 46.1 Å². The normalized spacial score (nSPS) is 15.7. The number of piperazine rings is 1. The van der Waals surface area contributed by atoms with E-state index in [1.165, 1.54) is 0 Å². The summed E-state index contributed by atoms with van der Waals surface area (Å²) in [5.41, 5.74) is 1.26.